The summed E-state index contributed by atoms with van der Waals surface area (Å²) in [6.07, 6.45) is 1.73. The van der Waals surface area contributed by atoms with Crippen LogP contribution in [0.25, 0.3) is 22.5 Å². The summed E-state index contributed by atoms with van der Waals surface area (Å²) in [4.78, 5) is 4.32. The Labute approximate surface area is 143 Å². The molecule has 23 heavy (non-hydrogen) atoms. The predicted octanol–water partition coefficient (Wildman–Crippen LogP) is 5.14. The van der Waals surface area contributed by atoms with E-state index in [1.165, 1.54) is 0 Å². The van der Waals surface area contributed by atoms with Crippen molar-refractivity contribution in [1.29, 1.82) is 0 Å². The highest BCUT2D eigenvalue weighted by Gasteiger charge is 2.14. The molecule has 1 heterocycles. The molecule has 2 aromatic carbocycles. The first-order chi connectivity index (χ1) is 11.2. The van der Waals surface area contributed by atoms with Gasteiger partial charge in [0.15, 0.2) is 0 Å². The fraction of sp³-hybridized carbons (Fsp3) is 0.0588. The third kappa shape index (κ3) is 3.55. The Bertz CT molecular complexity index is 842. The minimum absolute atomic E-state index is 0.238. The molecule has 0 spiro atoms. The summed E-state index contributed by atoms with van der Waals surface area (Å²) in [7, 11) is 1.59. The second kappa shape index (κ2) is 6.86. The molecule has 0 saturated carbocycles. The van der Waals surface area contributed by atoms with Gasteiger partial charge in [0.25, 0.3) is 5.89 Å². The zero-order valence-corrected chi connectivity index (χ0v) is 13.7. The number of methoxy groups -OCH3 is 1. The Balaban J connectivity index is 1.90. The van der Waals surface area contributed by atoms with Crippen molar-refractivity contribution in [1.82, 2.24) is 10.1 Å². The van der Waals surface area contributed by atoms with Crippen LogP contribution in [-0.2, 0) is 0 Å². The lowest BCUT2D eigenvalue weighted by Gasteiger charge is -2.02. The molecule has 0 aliphatic heterocycles. The number of hydrogen-bond acceptors (Lipinski definition) is 4. The van der Waals surface area contributed by atoms with E-state index in [1.807, 2.05) is 36.4 Å². The van der Waals surface area contributed by atoms with Crippen molar-refractivity contribution in [3.8, 4) is 17.1 Å². The number of rotatable bonds is 4. The topological polar surface area (TPSA) is 48.2 Å². The van der Waals surface area contributed by atoms with Gasteiger partial charge in [0, 0.05) is 5.02 Å². The number of aromatic nitrogens is 2. The fourth-order valence-electron chi connectivity index (χ4n) is 2.03. The van der Waals surface area contributed by atoms with Crippen molar-refractivity contribution in [2.75, 3.05) is 7.11 Å². The lowest BCUT2D eigenvalue weighted by Crippen LogP contribution is -1.88. The standard InChI is InChI=1S/C17H12Cl2N2O2/c1-22-15-5-3-2-4-13(15)16-20-17(23-21-16)14(19)10-11-6-8-12(18)9-7-11/h2-10H,1H3/b14-10-. The number of ether oxygens (including phenoxy) is 1. The molecule has 0 aliphatic rings. The molecular formula is C17H12Cl2N2O2. The van der Waals surface area contributed by atoms with Crippen molar-refractivity contribution in [2.45, 2.75) is 0 Å². The molecule has 1 aromatic heterocycles. The molecule has 4 nitrogen and oxygen atoms in total. The van der Waals surface area contributed by atoms with Crippen LogP contribution in [0.5, 0.6) is 5.75 Å². The van der Waals surface area contributed by atoms with E-state index in [4.69, 9.17) is 32.5 Å². The van der Waals surface area contributed by atoms with Gasteiger partial charge in [-0.25, -0.2) is 0 Å². The van der Waals surface area contributed by atoms with E-state index in [1.54, 1.807) is 25.3 Å². The first-order valence-electron chi connectivity index (χ1n) is 6.77. The maximum absolute atomic E-state index is 6.26. The van der Waals surface area contributed by atoms with Crippen LogP contribution in [0, 0.1) is 0 Å². The first kappa shape index (κ1) is 15.6. The highest BCUT2D eigenvalue weighted by Crippen LogP contribution is 2.29. The summed E-state index contributed by atoms with van der Waals surface area (Å²) in [5.74, 6) is 1.32. The molecule has 0 radical (unpaired) electrons. The van der Waals surface area contributed by atoms with Gasteiger partial charge < -0.3 is 9.26 Å². The van der Waals surface area contributed by atoms with Crippen LogP contribution in [-0.4, -0.2) is 17.3 Å². The van der Waals surface area contributed by atoms with Crippen molar-refractivity contribution >= 4 is 34.3 Å². The summed E-state index contributed by atoms with van der Waals surface area (Å²) in [5, 5.41) is 4.97. The quantitative estimate of drug-likeness (QED) is 0.656. The Kier molecular flexibility index (Phi) is 4.65. The molecule has 0 unspecified atom stereocenters. The molecule has 0 bridgehead atoms. The average Bonchev–Trinajstić information content (AvgIpc) is 3.07. The number of hydrogen-bond donors (Lipinski definition) is 0. The van der Waals surface area contributed by atoms with Gasteiger partial charge in [0.05, 0.1) is 12.7 Å². The van der Waals surface area contributed by atoms with Crippen LogP contribution in [0.1, 0.15) is 11.5 Å². The number of halogens is 2. The largest absolute Gasteiger partial charge is 0.496 e. The maximum Gasteiger partial charge on any atom is 0.269 e. The molecule has 0 N–H and O–H groups in total. The fourth-order valence-corrected chi connectivity index (χ4v) is 2.36. The second-order valence-electron chi connectivity index (χ2n) is 4.67. The van der Waals surface area contributed by atoms with E-state index >= 15 is 0 Å². The minimum atomic E-state index is 0.238. The summed E-state index contributed by atoms with van der Waals surface area (Å²) in [6, 6.07) is 14.7. The van der Waals surface area contributed by atoms with Crippen LogP contribution >= 0.6 is 23.2 Å². The van der Waals surface area contributed by atoms with Crippen LogP contribution in [0.4, 0.5) is 0 Å². The van der Waals surface area contributed by atoms with Crippen LogP contribution in [0.2, 0.25) is 5.02 Å². The molecule has 0 amide bonds. The van der Waals surface area contributed by atoms with E-state index < -0.39 is 0 Å². The monoisotopic (exact) mass is 346 g/mol. The van der Waals surface area contributed by atoms with Gasteiger partial charge in [-0.3, -0.25) is 0 Å². The van der Waals surface area contributed by atoms with Crippen LogP contribution in [0.3, 0.4) is 0 Å². The Morgan fingerprint density at radius 2 is 1.87 bits per heavy atom. The maximum atomic E-state index is 6.26. The lowest BCUT2D eigenvalue weighted by atomic mass is 10.2. The third-order valence-corrected chi connectivity index (χ3v) is 3.66. The molecule has 6 heteroatoms. The molecule has 3 aromatic rings. The highest BCUT2D eigenvalue weighted by molar-refractivity contribution is 6.50. The van der Waals surface area contributed by atoms with E-state index in [0.29, 0.717) is 21.6 Å². The molecular weight excluding hydrogens is 335 g/mol. The molecule has 0 fully saturated rings. The van der Waals surface area contributed by atoms with Crippen molar-refractivity contribution < 1.29 is 9.26 Å². The smallest absolute Gasteiger partial charge is 0.269 e. The van der Waals surface area contributed by atoms with Gasteiger partial charge >= 0.3 is 0 Å². The Hall–Kier alpha value is -2.30. The first-order valence-corrected chi connectivity index (χ1v) is 7.53. The van der Waals surface area contributed by atoms with Gasteiger partial charge in [-0.05, 0) is 35.9 Å². The number of para-hydroxylation sites is 1. The van der Waals surface area contributed by atoms with Gasteiger partial charge in [0.1, 0.15) is 10.8 Å². The summed E-state index contributed by atoms with van der Waals surface area (Å²) in [5.41, 5.74) is 1.62. The van der Waals surface area contributed by atoms with E-state index in [-0.39, 0.29) is 5.89 Å². The van der Waals surface area contributed by atoms with E-state index in [0.717, 1.165) is 11.1 Å². The summed E-state index contributed by atoms with van der Waals surface area (Å²) < 4.78 is 10.5. The SMILES string of the molecule is COc1ccccc1-c1noc(/C(Cl)=C/c2ccc(Cl)cc2)n1. The third-order valence-electron chi connectivity index (χ3n) is 3.14. The van der Waals surface area contributed by atoms with E-state index in [9.17, 15) is 0 Å². The van der Waals surface area contributed by atoms with E-state index in [2.05, 4.69) is 10.1 Å². The lowest BCUT2D eigenvalue weighted by molar-refractivity contribution is 0.406. The van der Waals surface area contributed by atoms with Crippen molar-refractivity contribution in [3.05, 3.63) is 65.0 Å². The van der Waals surface area contributed by atoms with Gasteiger partial charge in [0.2, 0.25) is 5.82 Å². The normalized spacial score (nSPS) is 11.5. The molecule has 0 atom stereocenters. The minimum Gasteiger partial charge on any atom is -0.496 e. The van der Waals surface area contributed by atoms with Crippen LogP contribution in [0.15, 0.2) is 53.1 Å². The van der Waals surface area contributed by atoms with Gasteiger partial charge in [-0.15, -0.1) is 0 Å². The molecule has 0 saturated heterocycles. The zero-order valence-electron chi connectivity index (χ0n) is 12.2. The molecule has 116 valence electrons. The van der Waals surface area contributed by atoms with Crippen molar-refractivity contribution in [2.24, 2.45) is 0 Å². The van der Waals surface area contributed by atoms with Crippen LogP contribution < -0.4 is 4.74 Å². The average molecular weight is 347 g/mol. The predicted molar refractivity (Wildman–Crippen MR) is 91.5 cm³/mol. The second-order valence-corrected chi connectivity index (χ2v) is 5.51. The van der Waals surface area contributed by atoms with Crippen molar-refractivity contribution in [3.63, 3.8) is 0 Å². The van der Waals surface area contributed by atoms with Gasteiger partial charge in [-0.1, -0.05) is 52.6 Å². The number of benzene rings is 2. The summed E-state index contributed by atoms with van der Waals surface area (Å²) in [6.45, 7) is 0. The highest BCUT2D eigenvalue weighted by atomic mass is 35.5. The number of nitrogens with zero attached hydrogens (tertiary/aromatic N) is 2. The summed E-state index contributed by atoms with van der Waals surface area (Å²) >= 11 is 12.1. The zero-order chi connectivity index (χ0) is 16.2. The van der Waals surface area contributed by atoms with Gasteiger partial charge in [-0.2, -0.15) is 4.98 Å². The Morgan fingerprint density at radius 3 is 2.61 bits per heavy atom. The molecule has 0 aliphatic carbocycles. The molecule has 3 rings (SSSR count). The Morgan fingerprint density at radius 1 is 1.13 bits per heavy atom.